The zero-order valence-corrected chi connectivity index (χ0v) is 11.1. The Morgan fingerprint density at radius 3 is 2.61 bits per heavy atom. The Labute approximate surface area is 110 Å². The third-order valence-electron chi connectivity index (χ3n) is 2.87. The van der Waals surface area contributed by atoms with E-state index in [1.54, 1.807) is 4.90 Å². The Morgan fingerprint density at radius 1 is 1.39 bits per heavy atom. The Bertz CT molecular complexity index is 456. The zero-order valence-electron chi connectivity index (χ0n) is 10.3. The molecule has 0 radical (unpaired) electrons. The van der Waals surface area contributed by atoms with Crippen molar-refractivity contribution in [2.24, 2.45) is 0 Å². The van der Waals surface area contributed by atoms with Gasteiger partial charge in [-0.3, -0.25) is 4.79 Å². The molecule has 1 fully saturated rings. The average Bonchev–Trinajstić information content (AvgIpc) is 2.30. The maximum absolute atomic E-state index is 13.6. The zero-order chi connectivity index (χ0) is 13.3. The lowest BCUT2D eigenvalue weighted by molar-refractivity contribution is -0.0587. The van der Waals surface area contributed by atoms with Gasteiger partial charge in [0.1, 0.15) is 5.82 Å². The van der Waals surface area contributed by atoms with E-state index in [1.165, 1.54) is 18.2 Å². The summed E-state index contributed by atoms with van der Waals surface area (Å²) in [6.45, 7) is 4.72. The second kappa shape index (κ2) is 5.24. The van der Waals surface area contributed by atoms with Crippen molar-refractivity contribution in [3.63, 3.8) is 0 Å². The number of hydrogen-bond donors (Lipinski definition) is 0. The molecule has 0 spiro atoms. The van der Waals surface area contributed by atoms with Crippen LogP contribution in [-0.4, -0.2) is 36.1 Å². The molecule has 0 bridgehead atoms. The summed E-state index contributed by atoms with van der Waals surface area (Å²) in [4.78, 5) is 13.8. The van der Waals surface area contributed by atoms with Crippen LogP contribution in [0.4, 0.5) is 4.39 Å². The van der Waals surface area contributed by atoms with Crippen LogP contribution in [0, 0.1) is 5.82 Å². The molecule has 1 heterocycles. The van der Waals surface area contributed by atoms with Gasteiger partial charge in [0.05, 0.1) is 17.8 Å². The van der Waals surface area contributed by atoms with Crippen molar-refractivity contribution < 1.29 is 13.9 Å². The van der Waals surface area contributed by atoms with Crippen molar-refractivity contribution in [1.29, 1.82) is 0 Å². The lowest BCUT2D eigenvalue weighted by atomic mass is 10.1. The third kappa shape index (κ3) is 2.82. The van der Waals surface area contributed by atoms with Crippen LogP contribution in [0.15, 0.2) is 18.2 Å². The van der Waals surface area contributed by atoms with Gasteiger partial charge in [0.2, 0.25) is 0 Å². The maximum atomic E-state index is 13.6. The average molecular weight is 272 g/mol. The van der Waals surface area contributed by atoms with E-state index in [2.05, 4.69) is 0 Å². The summed E-state index contributed by atoms with van der Waals surface area (Å²) in [5.74, 6) is -0.881. The molecule has 1 aromatic carbocycles. The predicted octanol–water partition coefficient (Wildman–Crippen LogP) is 2.73. The van der Waals surface area contributed by atoms with E-state index in [0.717, 1.165) is 0 Å². The van der Waals surface area contributed by atoms with E-state index in [4.69, 9.17) is 16.3 Å². The van der Waals surface area contributed by atoms with Crippen molar-refractivity contribution in [3.8, 4) is 0 Å². The molecular formula is C13H15ClFNO2. The predicted molar refractivity (Wildman–Crippen MR) is 67.3 cm³/mol. The number of carbonyl (C=O) groups excluding carboxylic acids is 1. The van der Waals surface area contributed by atoms with Gasteiger partial charge in [-0.05, 0) is 32.0 Å². The first-order valence-corrected chi connectivity index (χ1v) is 6.25. The van der Waals surface area contributed by atoms with E-state index in [9.17, 15) is 9.18 Å². The highest BCUT2D eigenvalue weighted by Crippen LogP contribution is 2.19. The van der Waals surface area contributed by atoms with E-state index in [0.29, 0.717) is 18.1 Å². The van der Waals surface area contributed by atoms with Crippen LogP contribution in [0.1, 0.15) is 24.2 Å². The molecule has 0 aliphatic carbocycles. The first-order chi connectivity index (χ1) is 8.47. The molecule has 1 aliphatic rings. The number of morpholine rings is 1. The highest BCUT2D eigenvalue weighted by molar-refractivity contribution is 6.31. The van der Waals surface area contributed by atoms with Crippen molar-refractivity contribution >= 4 is 17.5 Å². The maximum Gasteiger partial charge on any atom is 0.257 e. The van der Waals surface area contributed by atoms with Gasteiger partial charge in [-0.25, -0.2) is 4.39 Å². The monoisotopic (exact) mass is 271 g/mol. The van der Waals surface area contributed by atoms with Crippen LogP contribution in [0.2, 0.25) is 5.02 Å². The van der Waals surface area contributed by atoms with Crippen LogP contribution in [-0.2, 0) is 4.74 Å². The molecular weight excluding hydrogens is 257 g/mol. The number of ether oxygens (including phenoxy) is 1. The van der Waals surface area contributed by atoms with Gasteiger partial charge in [-0.15, -0.1) is 0 Å². The van der Waals surface area contributed by atoms with Crippen LogP contribution < -0.4 is 0 Å². The molecule has 1 saturated heterocycles. The molecule has 0 N–H and O–H groups in total. The molecule has 1 aliphatic heterocycles. The highest BCUT2D eigenvalue weighted by atomic mass is 35.5. The van der Waals surface area contributed by atoms with E-state index >= 15 is 0 Å². The van der Waals surface area contributed by atoms with Gasteiger partial charge in [-0.2, -0.15) is 0 Å². The van der Waals surface area contributed by atoms with E-state index in [1.807, 2.05) is 13.8 Å². The van der Waals surface area contributed by atoms with Gasteiger partial charge in [0.15, 0.2) is 0 Å². The van der Waals surface area contributed by atoms with Crippen molar-refractivity contribution in [2.75, 3.05) is 13.1 Å². The molecule has 2 rings (SSSR count). The van der Waals surface area contributed by atoms with Gasteiger partial charge in [0, 0.05) is 18.1 Å². The Balaban J connectivity index is 2.22. The van der Waals surface area contributed by atoms with Crippen LogP contribution >= 0.6 is 11.6 Å². The Hall–Kier alpha value is -1.13. The summed E-state index contributed by atoms with van der Waals surface area (Å²) in [5.41, 5.74) is 0.0174. The van der Waals surface area contributed by atoms with Crippen LogP contribution in [0.25, 0.3) is 0 Å². The molecule has 3 nitrogen and oxygen atoms in total. The first-order valence-electron chi connectivity index (χ1n) is 5.87. The van der Waals surface area contributed by atoms with Gasteiger partial charge in [0.25, 0.3) is 5.91 Å². The minimum Gasteiger partial charge on any atom is -0.372 e. The lowest BCUT2D eigenvalue weighted by Gasteiger charge is -2.35. The Morgan fingerprint density at radius 2 is 2.00 bits per heavy atom. The minimum absolute atomic E-state index is 0.0174. The lowest BCUT2D eigenvalue weighted by Crippen LogP contribution is -2.48. The summed E-state index contributed by atoms with van der Waals surface area (Å²) in [5, 5.41) is 0.356. The fourth-order valence-corrected chi connectivity index (χ4v) is 2.35. The summed E-state index contributed by atoms with van der Waals surface area (Å²) >= 11 is 5.80. The summed E-state index contributed by atoms with van der Waals surface area (Å²) < 4.78 is 19.2. The van der Waals surface area contributed by atoms with Gasteiger partial charge >= 0.3 is 0 Å². The fraction of sp³-hybridized carbons (Fsp3) is 0.462. The number of halogens is 2. The minimum atomic E-state index is -0.545. The topological polar surface area (TPSA) is 29.5 Å². The summed E-state index contributed by atoms with van der Waals surface area (Å²) in [6, 6.07) is 4.01. The largest absolute Gasteiger partial charge is 0.372 e. The number of carbonyl (C=O) groups is 1. The van der Waals surface area contributed by atoms with E-state index < -0.39 is 5.82 Å². The standard InChI is InChI=1S/C13H15ClFNO2/c1-8-6-16(7-9(2)18-8)13(17)11-5-10(14)3-4-12(11)15/h3-5,8-9H,6-7H2,1-2H3/t8-,9+. The number of hydrogen-bond acceptors (Lipinski definition) is 2. The van der Waals surface area contributed by atoms with Crippen molar-refractivity contribution in [3.05, 3.63) is 34.6 Å². The summed E-state index contributed by atoms with van der Waals surface area (Å²) in [6.07, 6.45) is -0.0834. The number of nitrogens with zero attached hydrogens (tertiary/aromatic N) is 1. The molecule has 1 amide bonds. The number of amides is 1. The van der Waals surface area contributed by atoms with Crippen molar-refractivity contribution in [2.45, 2.75) is 26.1 Å². The molecule has 0 aromatic heterocycles. The molecule has 1 aromatic rings. The van der Waals surface area contributed by atoms with Crippen molar-refractivity contribution in [1.82, 2.24) is 4.90 Å². The second-order valence-corrected chi connectivity index (χ2v) is 5.03. The highest BCUT2D eigenvalue weighted by Gasteiger charge is 2.28. The van der Waals surface area contributed by atoms with Crippen LogP contribution in [0.3, 0.4) is 0 Å². The van der Waals surface area contributed by atoms with Gasteiger partial charge in [-0.1, -0.05) is 11.6 Å². The number of benzene rings is 1. The SMILES string of the molecule is C[C@@H]1CN(C(=O)c2cc(Cl)ccc2F)C[C@H](C)O1. The third-order valence-corrected chi connectivity index (χ3v) is 3.10. The second-order valence-electron chi connectivity index (χ2n) is 4.59. The smallest absolute Gasteiger partial charge is 0.257 e. The molecule has 18 heavy (non-hydrogen) atoms. The first kappa shape index (κ1) is 13.3. The quantitative estimate of drug-likeness (QED) is 0.786. The summed E-state index contributed by atoms with van der Waals surface area (Å²) in [7, 11) is 0. The molecule has 98 valence electrons. The normalized spacial score (nSPS) is 24.1. The molecule has 2 atom stereocenters. The van der Waals surface area contributed by atoms with Crippen LogP contribution in [0.5, 0.6) is 0 Å². The molecule has 5 heteroatoms. The van der Waals surface area contributed by atoms with Gasteiger partial charge < -0.3 is 9.64 Å². The molecule has 0 saturated carbocycles. The number of rotatable bonds is 1. The molecule has 0 unspecified atom stereocenters. The Kier molecular flexibility index (Phi) is 3.88. The fourth-order valence-electron chi connectivity index (χ4n) is 2.18. The van der Waals surface area contributed by atoms with E-state index in [-0.39, 0.29) is 23.7 Å².